The Morgan fingerprint density at radius 1 is 1.08 bits per heavy atom. The Hall–Kier alpha value is -2.59. The van der Waals surface area contributed by atoms with Crippen LogP contribution in [0.15, 0.2) is 29.2 Å². The zero-order chi connectivity index (χ0) is 28.4. The first kappa shape index (κ1) is 30.0. The topological polar surface area (TPSA) is 111 Å². The highest BCUT2D eigenvalue weighted by Crippen LogP contribution is 2.36. The van der Waals surface area contributed by atoms with E-state index in [4.69, 9.17) is 9.47 Å². The Morgan fingerprint density at radius 3 is 2.11 bits per heavy atom. The van der Waals surface area contributed by atoms with E-state index in [1.54, 1.807) is 0 Å². The number of carbonyl (C=O) groups is 2. The largest absolute Gasteiger partial charge is 0.461 e. The number of hydrogen-bond acceptors (Lipinski definition) is 7. The minimum absolute atomic E-state index is 0.0800. The molecule has 1 aromatic carbocycles. The van der Waals surface area contributed by atoms with Crippen LogP contribution in [0.4, 0.5) is 31.1 Å². The molecule has 0 aliphatic carbocycles. The second-order valence-electron chi connectivity index (χ2n) is 9.53. The Labute approximate surface area is 214 Å². The molecule has 0 spiro atoms. The van der Waals surface area contributed by atoms with E-state index in [2.05, 4.69) is 9.46 Å². The number of alkyl halides is 6. The molecular weight excluding hydrogens is 550 g/mol. The lowest BCUT2D eigenvalue weighted by atomic mass is 9.90. The standard InChI is InChI=1S/C22H26F6N2O7S/c1-20(11-35-12-20)13-36-17(31)15-2-4-16(5-3-15)38(33,34)29-10-14-6-8-30(9-7-14)19(32)37-18(21(23,24)25)22(26,27)28/h2-5,14,18,29H,6-13H2,1H3. The summed E-state index contributed by atoms with van der Waals surface area (Å²) >= 11 is 0. The quantitative estimate of drug-likeness (QED) is 0.373. The van der Waals surface area contributed by atoms with Crippen LogP contribution in [0, 0.1) is 11.3 Å². The van der Waals surface area contributed by atoms with Crippen LogP contribution < -0.4 is 4.72 Å². The number of nitrogens with one attached hydrogen (secondary N) is 1. The average Bonchev–Trinajstić information content (AvgIpc) is 2.82. The lowest BCUT2D eigenvalue weighted by molar-refractivity contribution is -0.308. The molecule has 38 heavy (non-hydrogen) atoms. The number of sulfonamides is 1. The molecule has 0 atom stereocenters. The molecule has 0 bridgehead atoms. The molecule has 0 radical (unpaired) electrons. The van der Waals surface area contributed by atoms with Crippen molar-refractivity contribution < 1.29 is 58.6 Å². The van der Waals surface area contributed by atoms with E-state index >= 15 is 0 Å². The number of hydrogen-bond donors (Lipinski definition) is 1. The van der Waals surface area contributed by atoms with Gasteiger partial charge in [0.15, 0.2) is 0 Å². The maximum atomic E-state index is 12.6. The fourth-order valence-corrected chi connectivity index (χ4v) is 4.87. The zero-order valence-electron chi connectivity index (χ0n) is 20.1. The third-order valence-electron chi connectivity index (χ3n) is 6.10. The summed E-state index contributed by atoms with van der Waals surface area (Å²) in [6, 6.07) is 5.05. The number of nitrogens with zero attached hydrogens (tertiary/aromatic N) is 1. The molecule has 0 unspecified atom stereocenters. The van der Waals surface area contributed by atoms with Gasteiger partial charge in [-0.25, -0.2) is 22.7 Å². The molecule has 16 heteroatoms. The van der Waals surface area contributed by atoms with Crippen molar-refractivity contribution in [1.29, 1.82) is 0 Å². The summed E-state index contributed by atoms with van der Waals surface area (Å²) in [4.78, 5) is 24.6. The molecule has 2 heterocycles. The van der Waals surface area contributed by atoms with Crippen molar-refractivity contribution in [2.45, 2.75) is 43.1 Å². The third-order valence-corrected chi connectivity index (χ3v) is 7.54. The van der Waals surface area contributed by atoms with Crippen LogP contribution >= 0.6 is 0 Å². The van der Waals surface area contributed by atoms with Crippen LogP contribution in [-0.2, 0) is 24.2 Å². The van der Waals surface area contributed by atoms with E-state index in [1.807, 2.05) is 6.92 Å². The molecule has 1 aromatic rings. The summed E-state index contributed by atoms with van der Waals surface area (Å²) in [5.41, 5.74) is -0.0845. The number of halogens is 6. The second-order valence-corrected chi connectivity index (χ2v) is 11.3. The number of benzene rings is 1. The van der Waals surface area contributed by atoms with Crippen molar-refractivity contribution in [2.24, 2.45) is 11.3 Å². The number of likely N-dealkylation sites (tertiary alicyclic amines) is 1. The second kappa shape index (κ2) is 11.3. The van der Waals surface area contributed by atoms with E-state index in [1.165, 1.54) is 24.3 Å². The van der Waals surface area contributed by atoms with Gasteiger partial charge in [0.05, 0.1) is 23.7 Å². The maximum Gasteiger partial charge on any atom is 0.434 e. The molecule has 2 fully saturated rings. The van der Waals surface area contributed by atoms with Crippen molar-refractivity contribution in [1.82, 2.24) is 9.62 Å². The van der Waals surface area contributed by atoms with Gasteiger partial charge >= 0.3 is 24.4 Å². The van der Waals surface area contributed by atoms with Crippen molar-refractivity contribution in [3.8, 4) is 0 Å². The third kappa shape index (κ3) is 7.72. The predicted octanol–water partition coefficient (Wildman–Crippen LogP) is 3.50. The molecule has 3 rings (SSSR count). The monoisotopic (exact) mass is 576 g/mol. The van der Waals surface area contributed by atoms with Gasteiger partial charge in [-0.15, -0.1) is 0 Å². The molecule has 1 amide bonds. The van der Waals surface area contributed by atoms with Gasteiger partial charge in [0.2, 0.25) is 10.0 Å². The van der Waals surface area contributed by atoms with Gasteiger partial charge in [0.25, 0.3) is 6.10 Å². The minimum atomic E-state index is -5.81. The smallest absolute Gasteiger partial charge is 0.434 e. The summed E-state index contributed by atoms with van der Waals surface area (Å²) in [6.07, 6.45) is -17.4. The van der Waals surface area contributed by atoms with Crippen LogP contribution in [0.5, 0.6) is 0 Å². The molecule has 2 saturated heterocycles. The number of esters is 1. The summed E-state index contributed by atoms with van der Waals surface area (Å²) in [5.74, 6) is -0.946. The van der Waals surface area contributed by atoms with Gasteiger partial charge in [0.1, 0.15) is 6.61 Å². The highest BCUT2D eigenvalue weighted by molar-refractivity contribution is 7.89. The van der Waals surface area contributed by atoms with Crippen molar-refractivity contribution >= 4 is 22.1 Å². The van der Waals surface area contributed by atoms with Gasteiger partial charge in [-0.05, 0) is 43.0 Å². The SMILES string of the molecule is CC1(COC(=O)c2ccc(S(=O)(=O)NCC3CCN(C(=O)OC(C(F)(F)F)C(F)(F)F)CC3)cc2)COC1. The molecule has 2 aliphatic rings. The van der Waals surface area contributed by atoms with Crippen LogP contribution in [0.1, 0.15) is 30.1 Å². The predicted molar refractivity (Wildman–Crippen MR) is 118 cm³/mol. The normalized spacial score (nSPS) is 18.7. The van der Waals surface area contributed by atoms with Gasteiger partial charge in [-0.1, -0.05) is 6.92 Å². The molecule has 0 saturated carbocycles. The molecule has 2 aliphatic heterocycles. The summed E-state index contributed by atoms with van der Waals surface area (Å²) in [6.45, 7) is 2.51. The van der Waals surface area contributed by atoms with Crippen molar-refractivity contribution in [3.63, 3.8) is 0 Å². The Morgan fingerprint density at radius 2 is 1.63 bits per heavy atom. The number of amides is 1. The lowest BCUT2D eigenvalue weighted by Gasteiger charge is -2.37. The highest BCUT2D eigenvalue weighted by atomic mass is 32.2. The number of piperidine rings is 1. The fraction of sp³-hybridized carbons (Fsp3) is 0.636. The highest BCUT2D eigenvalue weighted by Gasteiger charge is 2.60. The van der Waals surface area contributed by atoms with E-state index in [0.29, 0.717) is 18.1 Å². The summed E-state index contributed by atoms with van der Waals surface area (Å²) in [7, 11) is -3.98. The Bertz CT molecular complexity index is 1080. The van der Waals surface area contributed by atoms with Gasteiger partial charge in [0, 0.05) is 25.0 Å². The Kier molecular flexibility index (Phi) is 8.88. The van der Waals surface area contributed by atoms with Crippen LogP contribution in [-0.4, -0.2) is 83.3 Å². The lowest BCUT2D eigenvalue weighted by Crippen LogP contribution is -2.49. The van der Waals surface area contributed by atoms with Crippen molar-refractivity contribution in [2.75, 3.05) is 39.5 Å². The van der Waals surface area contributed by atoms with Crippen LogP contribution in [0.25, 0.3) is 0 Å². The minimum Gasteiger partial charge on any atom is -0.461 e. The Balaban J connectivity index is 1.46. The maximum absolute atomic E-state index is 12.6. The fourth-order valence-electron chi connectivity index (χ4n) is 3.75. The summed E-state index contributed by atoms with van der Waals surface area (Å²) < 4.78 is 117. The zero-order valence-corrected chi connectivity index (χ0v) is 20.9. The van der Waals surface area contributed by atoms with Crippen molar-refractivity contribution in [3.05, 3.63) is 29.8 Å². The van der Waals surface area contributed by atoms with E-state index < -0.39 is 40.5 Å². The van der Waals surface area contributed by atoms with Crippen LogP contribution in [0.3, 0.4) is 0 Å². The van der Waals surface area contributed by atoms with Crippen LogP contribution in [0.2, 0.25) is 0 Å². The average molecular weight is 577 g/mol. The number of ether oxygens (including phenoxy) is 3. The molecule has 1 N–H and O–H groups in total. The molecule has 214 valence electrons. The van der Waals surface area contributed by atoms with Gasteiger partial charge < -0.3 is 19.1 Å². The first-order chi connectivity index (χ1) is 17.5. The van der Waals surface area contributed by atoms with E-state index in [0.717, 1.165) is 0 Å². The first-order valence-electron chi connectivity index (χ1n) is 11.4. The molecular formula is C22H26F6N2O7S. The van der Waals surface area contributed by atoms with E-state index in [-0.39, 0.29) is 60.9 Å². The summed E-state index contributed by atoms with van der Waals surface area (Å²) in [5, 5.41) is 0. The molecule has 9 nitrogen and oxygen atoms in total. The van der Waals surface area contributed by atoms with Gasteiger partial charge in [-0.2, -0.15) is 26.3 Å². The number of carbonyl (C=O) groups excluding carboxylic acids is 2. The first-order valence-corrected chi connectivity index (χ1v) is 12.9. The number of rotatable bonds is 8. The molecule has 0 aromatic heterocycles. The van der Waals surface area contributed by atoms with E-state index in [9.17, 15) is 44.3 Å². The van der Waals surface area contributed by atoms with Gasteiger partial charge in [-0.3, -0.25) is 0 Å².